The van der Waals surface area contributed by atoms with Gasteiger partial charge in [-0.15, -0.1) is 0 Å². The van der Waals surface area contributed by atoms with Gasteiger partial charge in [0.05, 0.1) is 11.6 Å². The highest BCUT2D eigenvalue weighted by Gasteiger charge is 2.33. The molecule has 0 spiro atoms. The molecule has 0 radical (unpaired) electrons. The van der Waals surface area contributed by atoms with Crippen LogP contribution in [-0.2, 0) is 0 Å². The molecule has 0 unspecified atom stereocenters. The Hall–Kier alpha value is -1.89. The monoisotopic (exact) mass is 260 g/mol. The van der Waals surface area contributed by atoms with Gasteiger partial charge in [-0.05, 0) is 25.0 Å². The van der Waals surface area contributed by atoms with Gasteiger partial charge in [-0.1, -0.05) is 37.8 Å². The third kappa shape index (κ3) is 3.11. The van der Waals surface area contributed by atoms with Crippen LogP contribution < -0.4 is 5.32 Å². The van der Waals surface area contributed by atoms with E-state index in [0.29, 0.717) is 12.8 Å². The summed E-state index contributed by atoms with van der Waals surface area (Å²) in [5, 5.41) is 12.1. The minimum atomic E-state index is -0.837. The predicted molar refractivity (Wildman–Crippen MR) is 69.9 cm³/mol. The lowest BCUT2D eigenvalue weighted by Gasteiger charge is -2.26. The number of nitriles is 1. The Bertz CT molecular complexity index is 499. The highest BCUT2D eigenvalue weighted by molar-refractivity contribution is 5.95. The molecule has 1 aromatic rings. The average molecular weight is 260 g/mol. The van der Waals surface area contributed by atoms with E-state index in [-0.39, 0.29) is 5.56 Å². The van der Waals surface area contributed by atoms with Crippen LogP contribution in [0.15, 0.2) is 24.3 Å². The number of halogens is 1. The summed E-state index contributed by atoms with van der Waals surface area (Å²) in [5.41, 5.74) is -0.836. The summed E-state index contributed by atoms with van der Waals surface area (Å²) in [7, 11) is 0. The van der Waals surface area contributed by atoms with Crippen LogP contribution in [0.3, 0.4) is 0 Å². The van der Waals surface area contributed by atoms with Crippen molar-refractivity contribution in [3.63, 3.8) is 0 Å². The van der Waals surface area contributed by atoms with Gasteiger partial charge in [0.2, 0.25) is 0 Å². The molecule has 1 aliphatic carbocycles. The van der Waals surface area contributed by atoms with Crippen molar-refractivity contribution in [2.45, 2.75) is 44.1 Å². The zero-order valence-electron chi connectivity index (χ0n) is 10.8. The molecule has 1 saturated carbocycles. The van der Waals surface area contributed by atoms with E-state index in [9.17, 15) is 14.4 Å². The first kappa shape index (κ1) is 13.5. The van der Waals surface area contributed by atoms with E-state index < -0.39 is 17.3 Å². The summed E-state index contributed by atoms with van der Waals surface area (Å²) in [6, 6.07) is 8.07. The second-order valence-electron chi connectivity index (χ2n) is 5.04. The van der Waals surface area contributed by atoms with E-state index >= 15 is 0 Å². The number of rotatable bonds is 2. The van der Waals surface area contributed by atoms with Gasteiger partial charge in [0.25, 0.3) is 5.91 Å². The Labute approximate surface area is 112 Å². The first-order valence-electron chi connectivity index (χ1n) is 6.65. The summed E-state index contributed by atoms with van der Waals surface area (Å²) in [6.45, 7) is 0. The largest absolute Gasteiger partial charge is 0.334 e. The molecule has 4 heteroatoms. The summed E-state index contributed by atoms with van der Waals surface area (Å²) in [5.74, 6) is -1.05. The van der Waals surface area contributed by atoms with Crippen LogP contribution in [0.5, 0.6) is 0 Å². The SMILES string of the molecule is N#CC1(NC(=O)c2ccccc2F)CCCCCC1. The predicted octanol–water partition coefficient (Wildman–Crippen LogP) is 3.17. The molecule has 0 aliphatic heterocycles. The molecule has 0 saturated heterocycles. The van der Waals surface area contributed by atoms with Crippen molar-refractivity contribution in [2.24, 2.45) is 0 Å². The molecule has 19 heavy (non-hydrogen) atoms. The van der Waals surface area contributed by atoms with Crippen LogP contribution >= 0.6 is 0 Å². The molecular formula is C15H17FN2O. The van der Waals surface area contributed by atoms with E-state index in [4.69, 9.17) is 0 Å². The molecule has 0 bridgehead atoms. The van der Waals surface area contributed by atoms with Gasteiger partial charge in [0.15, 0.2) is 0 Å². The number of hydrogen-bond donors (Lipinski definition) is 1. The maximum Gasteiger partial charge on any atom is 0.255 e. The second-order valence-corrected chi connectivity index (χ2v) is 5.04. The van der Waals surface area contributed by atoms with Crippen molar-refractivity contribution >= 4 is 5.91 Å². The smallest absolute Gasteiger partial charge is 0.255 e. The normalized spacial score (nSPS) is 18.1. The fraction of sp³-hybridized carbons (Fsp3) is 0.467. The number of amides is 1. The summed E-state index contributed by atoms with van der Waals surface area (Å²) >= 11 is 0. The lowest BCUT2D eigenvalue weighted by molar-refractivity contribution is 0.0909. The van der Waals surface area contributed by atoms with Crippen LogP contribution in [0.25, 0.3) is 0 Å². The lowest BCUT2D eigenvalue weighted by Crippen LogP contribution is -2.47. The van der Waals surface area contributed by atoms with Crippen molar-refractivity contribution in [1.29, 1.82) is 5.26 Å². The number of carbonyl (C=O) groups excluding carboxylic acids is 1. The zero-order chi connectivity index (χ0) is 13.7. The molecule has 3 nitrogen and oxygen atoms in total. The fourth-order valence-corrected chi connectivity index (χ4v) is 2.53. The Balaban J connectivity index is 2.17. The van der Waals surface area contributed by atoms with Gasteiger partial charge in [-0.25, -0.2) is 4.39 Å². The van der Waals surface area contributed by atoms with Crippen LogP contribution in [0.4, 0.5) is 4.39 Å². The number of nitrogens with zero attached hydrogens (tertiary/aromatic N) is 1. The molecule has 1 fully saturated rings. The van der Waals surface area contributed by atoms with E-state index in [1.54, 1.807) is 6.07 Å². The molecule has 0 heterocycles. The van der Waals surface area contributed by atoms with Crippen molar-refractivity contribution in [3.8, 4) is 6.07 Å². The van der Waals surface area contributed by atoms with Crippen LogP contribution in [0.2, 0.25) is 0 Å². The van der Waals surface area contributed by atoms with E-state index in [2.05, 4.69) is 11.4 Å². The minimum Gasteiger partial charge on any atom is -0.334 e. The quantitative estimate of drug-likeness (QED) is 0.830. The standard InChI is InChI=1S/C15H17FN2O/c16-13-8-4-3-7-12(13)14(19)18-15(11-17)9-5-1-2-6-10-15/h3-4,7-8H,1-2,5-6,9-10H2,(H,18,19). The summed E-state index contributed by atoms with van der Waals surface area (Å²) < 4.78 is 13.6. The second kappa shape index (κ2) is 5.83. The molecule has 2 rings (SSSR count). The molecule has 1 N–H and O–H groups in total. The van der Waals surface area contributed by atoms with Crippen molar-refractivity contribution in [1.82, 2.24) is 5.32 Å². The molecular weight excluding hydrogens is 243 g/mol. The van der Waals surface area contributed by atoms with Crippen molar-refractivity contribution < 1.29 is 9.18 Å². The highest BCUT2D eigenvalue weighted by atomic mass is 19.1. The fourth-order valence-electron chi connectivity index (χ4n) is 2.53. The summed E-state index contributed by atoms with van der Waals surface area (Å²) in [6.07, 6.45) is 5.29. The van der Waals surface area contributed by atoms with Gasteiger partial charge >= 0.3 is 0 Å². The molecule has 1 amide bonds. The Morgan fingerprint density at radius 1 is 1.21 bits per heavy atom. The van der Waals surface area contributed by atoms with Crippen LogP contribution in [0.1, 0.15) is 48.9 Å². The molecule has 1 aromatic carbocycles. The Morgan fingerprint density at radius 2 is 1.84 bits per heavy atom. The van der Waals surface area contributed by atoms with Gasteiger partial charge in [0.1, 0.15) is 11.4 Å². The van der Waals surface area contributed by atoms with E-state index in [1.165, 1.54) is 18.2 Å². The number of hydrogen-bond acceptors (Lipinski definition) is 2. The average Bonchev–Trinajstić information content (AvgIpc) is 2.65. The zero-order valence-corrected chi connectivity index (χ0v) is 10.8. The van der Waals surface area contributed by atoms with Crippen LogP contribution in [-0.4, -0.2) is 11.4 Å². The van der Waals surface area contributed by atoms with E-state index in [0.717, 1.165) is 25.7 Å². The minimum absolute atomic E-state index is 0.00127. The first-order valence-corrected chi connectivity index (χ1v) is 6.65. The third-order valence-corrected chi connectivity index (χ3v) is 3.64. The van der Waals surface area contributed by atoms with E-state index in [1.807, 2.05) is 0 Å². The third-order valence-electron chi connectivity index (χ3n) is 3.64. The lowest BCUT2D eigenvalue weighted by atomic mass is 9.91. The number of carbonyl (C=O) groups is 1. The van der Waals surface area contributed by atoms with Gasteiger partial charge in [-0.3, -0.25) is 4.79 Å². The first-order chi connectivity index (χ1) is 9.17. The Morgan fingerprint density at radius 3 is 2.42 bits per heavy atom. The molecule has 0 atom stereocenters. The Kier molecular flexibility index (Phi) is 4.16. The maximum atomic E-state index is 13.6. The molecule has 1 aliphatic rings. The number of nitrogens with one attached hydrogen (secondary N) is 1. The number of benzene rings is 1. The topological polar surface area (TPSA) is 52.9 Å². The molecule has 100 valence electrons. The van der Waals surface area contributed by atoms with Gasteiger partial charge < -0.3 is 5.32 Å². The van der Waals surface area contributed by atoms with Gasteiger partial charge in [-0.2, -0.15) is 5.26 Å². The summed E-state index contributed by atoms with van der Waals surface area (Å²) in [4.78, 5) is 12.1. The maximum absolute atomic E-state index is 13.6. The van der Waals surface area contributed by atoms with Crippen molar-refractivity contribution in [3.05, 3.63) is 35.6 Å². The highest BCUT2D eigenvalue weighted by Crippen LogP contribution is 2.27. The van der Waals surface area contributed by atoms with Crippen molar-refractivity contribution in [2.75, 3.05) is 0 Å². The molecule has 0 aromatic heterocycles. The van der Waals surface area contributed by atoms with Gasteiger partial charge in [0, 0.05) is 0 Å². The van der Waals surface area contributed by atoms with Crippen LogP contribution in [0, 0.1) is 17.1 Å².